The van der Waals surface area contributed by atoms with Crippen molar-refractivity contribution in [3.8, 4) is 10.4 Å². The monoisotopic (exact) mass is 400 g/mol. The maximum Gasteiger partial charge on any atom is 0.240 e. The highest BCUT2D eigenvalue weighted by Gasteiger charge is 2.24. The van der Waals surface area contributed by atoms with Crippen molar-refractivity contribution >= 4 is 32.2 Å². The predicted molar refractivity (Wildman–Crippen MR) is 110 cm³/mol. The molecular weight excluding hydrogens is 380 g/mol. The standard InChI is InChI=1S/C19H20N4O2S2/c20-27(24,25)18-9-5-4-8-16(18)22-10-12-23(13-11-22)19-21-14-17(26-19)15-6-2-1-3-7-15/h1-9,14H,10-13H2,(H2,20,24,25). The number of hydrogen-bond donors (Lipinski definition) is 1. The summed E-state index contributed by atoms with van der Waals surface area (Å²) in [6.07, 6.45) is 1.91. The minimum atomic E-state index is -3.74. The number of aromatic nitrogens is 1. The number of nitrogens with zero attached hydrogens (tertiary/aromatic N) is 3. The van der Waals surface area contributed by atoms with Crippen LogP contribution in [-0.4, -0.2) is 39.6 Å². The van der Waals surface area contributed by atoms with Crippen molar-refractivity contribution in [3.05, 3.63) is 60.8 Å². The van der Waals surface area contributed by atoms with E-state index in [1.807, 2.05) is 36.5 Å². The fourth-order valence-corrected chi connectivity index (χ4v) is 4.97. The first-order valence-electron chi connectivity index (χ1n) is 8.65. The number of benzene rings is 2. The van der Waals surface area contributed by atoms with Gasteiger partial charge in [0.2, 0.25) is 10.0 Å². The minimum Gasteiger partial charge on any atom is -0.367 e. The Labute approximate surface area is 162 Å². The van der Waals surface area contributed by atoms with Crippen LogP contribution in [0, 0.1) is 0 Å². The number of primary sulfonamides is 1. The molecule has 140 valence electrons. The van der Waals surface area contributed by atoms with E-state index in [1.54, 1.807) is 23.5 Å². The van der Waals surface area contributed by atoms with Gasteiger partial charge in [-0.1, -0.05) is 53.8 Å². The van der Waals surface area contributed by atoms with Gasteiger partial charge in [-0.2, -0.15) is 0 Å². The van der Waals surface area contributed by atoms with E-state index >= 15 is 0 Å². The predicted octanol–water partition coefficient (Wildman–Crippen LogP) is 2.78. The molecule has 0 atom stereocenters. The fraction of sp³-hybridized carbons (Fsp3) is 0.211. The second kappa shape index (κ2) is 7.30. The van der Waals surface area contributed by atoms with Gasteiger partial charge in [-0.3, -0.25) is 0 Å². The number of thiazole rings is 1. The minimum absolute atomic E-state index is 0.180. The van der Waals surface area contributed by atoms with E-state index in [9.17, 15) is 8.42 Å². The third kappa shape index (κ3) is 3.83. The van der Waals surface area contributed by atoms with E-state index < -0.39 is 10.0 Å². The van der Waals surface area contributed by atoms with Gasteiger partial charge < -0.3 is 9.80 Å². The number of hydrogen-bond acceptors (Lipinski definition) is 6. The molecule has 0 amide bonds. The summed E-state index contributed by atoms with van der Waals surface area (Å²) in [5.74, 6) is 0. The van der Waals surface area contributed by atoms with Crippen molar-refractivity contribution in [2.24, 2.45) is 5.14 Å². The maximum atomic E-state index is 11.9. The molecule has 3 aromatic rings. The lowest BCUT2D eigenvalue weighted by atomic mass is 10.2. The Balaban J connectivity index is 1.48. The Bertz CT molecular complexity index is 1030. The first-order chi connectivity index (χ1) is 13.0. The highest BCUT2D eigenvalue weighted by atomic mass is 32.2. The van der Waals surface area contributed by atoms with Crippen LogP contribution in [0.4, 0.5) is 10.8 Å². The summed E-state index contributed by atoms with van der Waals surface area (Å²) >= 11 is 1.68. The average molecular weight is 401 g/mol. The van der Waals surface area contributed by atoms with Gasteiger partial charge in [-0.25, -0.2) is 18.5 Å². The van der Waals surface area contributed by atoms with Gasteiger partial charge in [0.05, 0.1) is 10.6 Å². The fourth-order valence-electron chi connectivity index (χ4n) is 3.24. The summed E-state index contributed by atoms with van der Waals surface area (Å²) in [6, 6.07) is 17.1. The van der Waals surface area contributed by atoms with Gasteiger partial charge in [0.25, 0.3) is 0 Å². The second-order valence-electron chi connectivity index (χ2n) is 6.36. The number of piperazine rings is 1. The zero-order chi connectivity index (χ0) is 18.9. The second-order valence-corrected chi connectivity index (χ2v) is 8.90. The van der Waals surface area contributed by atoms with E-state index in [1.165, 1.54) is 5.56 Å². The number of nitrogens with two attached hydrogens (primary N) is 1. The molecule has 1 aliphatic heterocycles. The van der Waals surface area contributed by atoms with Crippen LogP contribution in [-0.2, 0) is 10.0 Å². The van der Waals surface area contributed by atoms with Gasteiger partial charge in [-0.15, -0.1) is 0 Å². The topological polar surface area (TPSA) is 79.5 Å². The van der Waals surface area contributed by atoms with Crippen LogP contribution in [0.5, 0.6) is 0 Å². The van der Waals surface area contributed by atoms with Crippen molar-refractivity contribution in [1.82, 2.24) is 4.98 Å². The SMILES string of the molecule is NS(=O)(=O)c1ccccc1N1CCN(c2ncc(-c3ccccc3)s2)CC1. The zero-order valence-corrected chi connectivity index (χ0v) is 16.3. The van der Waals surface area contributed by atoms with E-state index in [2.05, 4.69) is 26.9 Å². The number of rotatable bonds is 4. The van der Waals surface area contributed by atoms with E-state index in [0.717, 1.165) is 23.1 Å². The van der Waals surface area contributed by atoms with Crippen LogP contribution in [0.1, 0.15) is 0 Å². The summed E-state index contributed by atoms with van der Waals surface area (Å²) in [4.78, 5) is 10.2. The molecule has 2 aromatic carbocycles. The lowest BCUT2D eigenvalue weighted by Gasteiger charge is -2.36. The molecule has 1 fully saturated rings. The van der Waals surface area contributed by atoms with Gasteiger partial charge >= 0.3 is 0 Å². The molecule has 0 unspecified atom stereocenters. The summed E-state index contributed by atoms with van der Waals surface area (Å²) < 4.78 is 23.7. The summed E-state index contributed by atoms with van der Waals surface area (Å²) in [7, 11) is -3.74. The molecule has 0 saturated carbocycles. The maximum absolute atomic E-state index is 11.9. The summed E-state index contributed by atoms with van der Waals surface area (Å²) in [5.41, 5.74) is 1.84. The Morgan fingerprint density at radius 3 is 2.22 bits per heavy atom. The first kappa shape index (κ1) is 18.0. The Kier molecular flexibility index (Phi) is 4.86. The van der Waals surface area contributed by atoms with Crippen molar-refractivity contribution in [3.63, 3.8) is 0 Å². The van der Waals surface area contributed by atoms with E-state index in [-0.39, 0.29) is 4.90 Å². The Hall–Kier alpha value is -2.42. The smallest absolute Gasteiger partial charge is 0.240 e. The lowest BCUT2D eigenvalue weighted by molar-refractivity contribution is 0.595. The molecule has 1 aromatic heterocycles. The Morgan fingerprint density at radius 2 is 1.52 bits per heavy atom. The molecule has 2 heterocycles. The van der Waals surface area contributed by atoms with Crippen LogP contribution in [0.3, 0.4) is 0 Å². The first-order valence-corrected chi connectivity index (χ1v) is 11.0. The molecule has 1 saturated heterocycles. The van der Waals surface area contributed by atoms with Crippen LogP contribution in [0.2, 0.25) is 0 Å². The number of sulfonamides is 1. The van der Waals surface area contributed by atoms with Crippen LogP contribution in [0.15, 0.2) is 65.7 Å². The van der Waals surface area contributed by atoms with Gasteiger partial charge in [-0.05, 0) is 17.7 Å². The third-order valence-electron chi connectivity index (χ3n) is 4.61. The van der Waals surface area contributed by atoms with Crippen molar-refractivity contribution in [1.29, 1.82) is 0 Å². The van der Waals surface area contributed by atoms with Gasteiger partial charge in [0.1, 0.15) is 4.90 Å². The van der Waals surface area contributed by atoms with Crippen LogP contribution >= 0.6 is 11.3 Å². The van der Waals surface area contributed by atoms with Crippen LogP contribution in [0.25, 0.3) is 10.4 Å². The van der Waals surface area contributed by atoms with Crippen molar-refractivity contribution in [2.75, 3.05) is 36.0 Å². The molecule has 0 aliphatic carbocycles. The molecule has 8 heteroatoms. The van der Waals surface area contributed by atoms with E-state index in [0.29, 0.717) is 18.8 Å². The van der Waals surface area contributed by atoms with Crippen molar-refractivity contribution in [2.45, 2.75) is 4.90 Å². The quantitative estimate of drug-likeness (QED) is 0.728. The van der Waals surface area contributed by atoms with E-state index in [4.69, 9.17) is 5.14 Å². The molecule has 27 heavy (non-hydrogen) atoms. The highest BCUT2D eigenvalue weighted by molar-refractivity contribution is 7.89. The molecule has 0 bridgehead atoms. The van der Waals surface area contributed by atoms with Crippen LogP contribution < -0.4 is 14.9 Å². The van der Waals surface area contributed by atoms with Crippen molar-refractivity contribution < 1.29 is 8.42 Å². The third-order valence-corrected chi connectivity index (χ3v) is 6.68. The zero-order valence-electron chi connectivity index (χ0n) is 14.7. The molecule has 6 nitrogen and oxygen atoms in total. The molecule has 0 spiro atoms. The number of para-hydroxylation sites is 1. The molecule has 4 rings (SSSR count). The molecule has 1 aliphatic rings. The number of anilines is 2. The Morgan fingerprint density at radius 1 is 0.889 bits per heavy atom. The van der Waals surface area contributed by atoms with Gasteiger partial charge in [0.15, 0.2) is 5.13 Å². The lowest BCUT2D eigenvalue weighted by Crippen LogP contribution is -2.47. The average Bonchev–Trinajstić information content (AvgIpc) is 3.18. The van der Waals surface area contributed by atoms with Gasteiger partial charge in [0, 0.05) is 32.4 Å². The highest BCUT2D eigenvalue weighted by Crippen LogP contribution is 2.32. The largest absolute Gasteiger partial charge is 0.367 e. The molecule has 2 N–H and O–H groups in total. The summed E-state index contributed by atoms with van der Waals surface area (Å²) in [5, 5.41) is 6.36. The normalized spacial score (nSPS) is 15.1. The molecule has 0 radical (unpaired) electrons. The molecular formula is C19H20N4O2S2. The summed E-state index contributed by atoms with van der Waals surface area (Å²) in [6.45, 7) is 2.99.